The Balaban J connectivity index is 1.98. The van der Waals surface area contributed by atoms with E-state index in [-0.39, 0.29) is 17.6 Å². The van der Waals surface area contributed by atoms with Gasteiger partial charge in [-0.2, -0.15) is 0 Å². The highest BCUT2D eigenvalue weighted by Crippen LogP contribution is 2.42. The fourth-order valence-electron chi connectivity index (χ4n) is 2.03. The smallest absolute Gasteiger partial charge is 0.218 e. The van der Waals surface area contributed by atoms with Gasteiger partial charge in [0.05, 0.1) is 12.7 Å². The fraction of sp³-hybridized carbons (Fsp3) is 0.692. The number of ether oxygens (including phenoxy) is 1. The molecule has 2 unspecified atom stereocenters. The first-order valence-corrected chi connectivity index (χ1v) is 6.43. The molecule has 0 aliphatic heterocycles. The second-order valence-corrected chi connectivity index (χ2v) is 5.36. The molecule has 0 spiro atoms. The lowest BCUT2D eigenvalue weighted by Gasteiger charge is -2.49. The molecule has 1 heterocycles. The SMILES string of the molecule is CCCOc1cc(NC2CC(O)C2(C)C)ncn1. The largest absolute Gasteiger partial charge is 0.478 e. The molecule has 1 aromatic heterocycles. The molecule has 1 aromatic rings. The summed E-state index contributed by atoms with van der Waals surface area (Å²) in [5, 5.41) is 13.0. The molecule has 2 atom stereocenters. The van der Waals surface area contributed by atoms with Crippen LogP contribution in [0.5, 0.6) is 5.88 Å². The van der Waals surface area contributed by atoms with E-state index in [1.54, 1.807) is 6.07 Å². The van der Waals surface area contributed by atoms with Gasteiger partial charge in [-0.15, -0.1) is 0 Å². The van der Waals surface area contributed by atoms with Crippen molar-refractivity contribution in [3.8, 4) is 5.88 Å². The molecule has 0 aromatic carbocycles. The summed E-state index contributed by atoms with van der Waals surface area (Å²) < 4.78 is 5.46. The molecule has 5 heteroatoms. The van der Waals surface area contributed by atoms with E-state index >= 15 is 0 Å². The topological polar surface area (TPSA) is 67.3 Å². The van der Waals surface area contributed by atoms with Crippen molar-refractivity contribution in [2.45, 2.75) is 45.8 Å². The minimum Gasteiger partial charge on any atom is -0.478 e. The van der Waals surface area contributed by atoms with E-state index in [0.717, 1.165) is 18.7 Å². The number of hydrogen-bond acceptors (Lipinski definition) is 5. The molecule has 0 saturated heterocycles. The highest BCUT2D eigenvalue weighted by Gasteiger charge is 2.47. The first-order valence-electron chi connectivity index (χ1n) is 6.43. The number of nitrogens with one attached hydrogen (secondary N) is 1. The molecule has 0 bridgehead atoms. The van der Waals surface area contributed by atoms with Crippen LogP contribution in [0.2, 0.25) is 0 Å². The van der Waals surface area contributed by atoms with Crippen molar-refractivity contribution in [1.82, 2.24) is 9.97 Å². The van der Waals surface area contributed by atoms with Crippen LogP contribution in [0.25, 0.3) is 0 Å². The van der Waals surface area contributed by atoms with Crippen LogP contribution in [0.3, 0.4) is 0 Å². The van der Waals surface area contributed by atoms with E-state index in [0.29, 0.717) is 12.5 Å². The Hall–Kier alpha value is -1.36. The lowest BCUT2D eigenvalue weighted by Crippen LogP contribution is -2.57. The first-order chi connectivity index (χ1) is 8.54. The van der Waals surface area contributed by atoms with Crippen molar-refractivity contribution < 1.29 is 9.84 Å². The van der Waals surface area contributed by atoms with Gasteiger partial charge < -0.3 is 15.2 Å². The van der Waals surface area contributed by atoms with Gasteiger partial charge in [0.1, 0.15) is 12.1 Å². The van der Waals surface area contributed by atoms with Crippen LogP contribution in [0.4, 0.5) is 5.82 Å². The third-order valence-electron chi connectivity index (χ3n) is 3.63. The monoisotopic (exact) mass is 251 g/mol. The van der Waals surface area contributed by atoms with Gasteiger partial charge in [-0.05, 0) is 12.8 Å². The minimum atomic E-state index is -0.243. The van der Waals surface area contributed by atoms with Crippen LogP contribution in [0.1, 0.15) is 33.6 Å². The van der Waals surface area contributed by atoms with Crippen molar-refractivity contribution >= 4 is 5.82 Å². The summed E-state index contributed by atoms with van der Waals surface area (Å²) in [6.07, 6.45) is 2.96. The average molecular weight is 251 g/mol. The molecule has 5 nitrogen and oxygen atoms in total. The zero-order chi connectivity index (χ0) is 13.2. The van der Waals surface area contributed by atoms with Crippen molar-refractivity contribution in [3.63, 3.8) is 0 Å². The van der Waals surface area contributed by atoms with E-state index in [2.05, 4.69) is 36.1 Å². The predicted octanol–water partition coefficient (Wildman–Crippen LogP) is 1.84. The molecular weight excluding hydrogens is 230 g/mol. The van der Waals surface area contributed by atoms with Crippen molar-refractivity contribution in [3.05, 3.63) is 12.4 Å². The number of nitrogens with zero attached hydrogens (tertiary/aromatic N) is 2. The number of aliphatic hydroxyl groups excluding tert-OH is 1. The van der Waals surface area contributed by atoms with Crippen molar-refractivity contribution in [2.24, 2.45) is 5.41 Å². The zero-order valence-electron chi connectivity index (χ0n) is 11.2. The maximum absolute atomic E-state index is 9.70. The number of aliphatic hydroxyl groups is 1. The van der Waals surface area contributed by atoms with Gasteiger partial charge in [0.2, 0.25) is 5.88 Å². The molecule has 1 aliphatic rings. The Bertz CT molecular complexity index is 409. The summed E-state index contributed by atoms with van der Waals surface area (Å²) in [4.78, 5) is 8.23. The van der Waals surface area contributed by atoms with E-state index in [1.807, 2.05) is 0 Å². The highest BCUT2D eigenvalue weighted by atomic mass is 16.5. The van der Waals surface area contributed by atoms with E-state index < -0.39 is 0 Å². The zero-order valence-corrected chi connectivity index (χ0v) is 11.2. The Morgan fingerprint density at radius 2 is 2.28 bits per heavy atom. The number of rotatable bonds is 5. The van der Waals surface area contributed by atoms with Crippen LogP contribution < -0.4 is 10.1 Å². The van der Waals surface area contributed by atoms with Crippen LogP contribution in [-0.2, 0) is 0 Å². The van der Waals surface area contributed by atoms with Gasteiger partial charge in [-0.3, -0.25) is 0 Å². The lowest BCUT2D eigenvalue weighted by atomic mass is 9.64. The molecule has 1 saturated carbocycles. The van der Waals surface area contributed by atoms with Gasteiger partial charge in [-0.1, -0.05) is 20.8 Å². The summed E-state index contributed by atoms with van der Waals surface area (Å²) in [7, 11) is 0. The second kappa shape index (κ2) is 5.10. The molecule has 2 N–H and O–H groups in total. The van der Waals surface area contributed by atoms with Crippen LogP contribution in [0, 0.1) is 5.41 Å². The average Bonchev–Trinajstić information content (AvgIpc) is 2.36. The molecule has 1 fully saturated rings. The standard InChI is InChI=1S/C13H21N3O2/c1-4-5-18-12-7-11(14-8-15-12)16-9-6-10(17)13(9,2)3/h7-10,17H,4-6H2,1-3H3,(H,14,15,16). The molecule has 100 valence electrons. The number of hydrogen-bond donors (Lipinski definition) is 2. The minimum absolute atomic E-state index is 0.116. The third-order valence-corrected chi connectivity index (χ3v) is 3.63. The maximum Gasteiger partial charge on any atom is 0.218 e. The first kappa shape index (κ1) is 13.1. The maximum atomic E-state index is 9.70. The van der Waals surface area contributed by atoms with E-state index in [9.17, 15) is 5.11 Å². The van der Waals surface area contributed by atoms with E-state index in [4.69, 9.17) is 4.74 Å². The summed E-state index contributed by atoms with van der Waals surface area (Å²) in [5.41, 5.74) is -0.116. The summed E-state index contributed by atoms with van der Waals surface area (Å²) in [6.45, 7) is 6.81. The molecular formula is C13H21N3O2. The summed E-state index contributed by atoms with van der Waals surface area (Å²) in [5.74, 6) is 1.34. The van der Waals surface area contributed by atoms with Gasteiger partial charge >= 0.3 is 0 Å². The van der Waals surface area contributed by atoms with Gasteiger partial charge in [0.15, 0.2) is 0 Å². The van der Waals surface area contributed by atoms with Gasteiger partial charge in [-0.25, -0.2) is 9.97 Å². The summed E-state index contributed by atoms with van der Waals surface area (Å²) in [6, 6.07) is 2.04. The Kier molecular flexibility index (Phi) is 3.71. The Morgan fingerprint density at radius 1 is 1.50 bits per heavy atom. The normalized spacial score (nSPS) is 25.3. The van der Waals surface area contributed by atoms with E-state index in [1.165, 1.54) is 6.33 Å². The van der Waals surface area contributed by atoms with Crippen LogP contribution in [-0.4, -0.2) is 33.8 Å². The highest BCUT2D eigenvalue weighted by molar-refractivity contribution is 5.40. The number of anilines is 1. The molecule has 2 rings (SSSR count). The van der Waals surface area contributed by atoms with Crippen LogP contribution >= 0.6 is 0 Å². The fourth-order valence-corrected chi connectivity index (χ4v) is 2.03. The van der Waals surface area contributed by atoms with Gasteiger partial charge in [0.25, 0.3) is 0 Å². The molecule has 1 aliphatic carbocycles. The Labute approximate surface area is 108 Å². The summed E-state index contributed by atoms with van der Waals surface area (Å²) >= 11 is 0. The number of aromatic nitrogens is 2. The lowest BCUT2D eigenvalue weighted by molar-refractivity contribution is -0.0511. The quantitative estimate of drug-likeness (QED) is 0.835. The third kappa shape index (κ3) is 2.56. The van der Waals surface area contributed by atoms with Crippen molar-refractivity contribution in [1.29, 1.82) is 0 Å². The van der Waals surface area contributed by atoms with Crippen molar-refractivity contribution in [2.75, 3.05) is 11.9 Å². The van der Waals surface area contributed by atoms with Gasteiger partial charge in [0, 0.05) is 17.5 Å². The molecule has 0 radical (unpaired) electrons. The molecule has 18 heavy (non-hydrogen) atoms. The van der Waals surface area contributed by atoms with Crippen LogP contribution in [0.15, 0.2) is 12.4 Å². The predicted molar refractivity (Wildman–Crippen MR) is 69.6 cm³/mol. The molecule has 0 amide bonds. The Morgan fingerprint density at radius 3 is 2.89 bits per heavy atom. The second-order valence-electron chi connectivity index (χ2n) is 5.36.